The average Bonchev–Trinajstić information content (AvgIpc) is 3.66. The van der Waals surface area contributed by atoms with Gasteiger partial charge < -0.3 is 14.8 Å². The number of H-pyrrole nitrogens is 1. The van der Waals surface area contributed by atoms with Gasteiger partial charge in [-0.3, -0.25) is 14.7 Å². The van der Waals surface area contributed by atoms with Crippen molar-refractivity contribution in [3.8, 4) is 5.69 Å². The van der Waals surface area contributed by atoms with Crippen LogP contribution in [0.1, 0.15) is 37.5 Å². The maximum Gasteiger partial charge on any atom is 0.416 e. The molecule has 0 radical (unpaired) electrons. The molecule has 0 aliphatic carbocycles. The minimum atomic E-state index is -4.65. The van der Waals surface area contributed by atoms with Crippen LogP contribution in [0.25, 0.3) is 16.7 Å². The van der Waals surface area contributed by atoms with Gasteiger partial charge in [-0.05, 0) is 55.3 Å². The second kappa shape index (κ2) is 9.08. The number of aryl methyl sites for hydroxylation is 1. The molecule has 0 fully saturated rings. The van der Waals surface area contributed by atoms with E-state index in [1.165, 1.54) is 23.2 Å². The number of aromatic nitrogens is 5. The molecule has 9 nitrogen and oxygen atoms in total. The molecular weight excluding hydrogens is 511 g/mol. The van der Waals surface area contributed by atoms with Gasteiger partial charge in [0, 0.05) is 47.0 Å². The zero-order valence-corrected chi connectivity index (χ0v) is 20.5. The van der Waals surface area contributed by atoms with E-state index in [9.17, 15) is 22.8 Å². The lowest BCUT2D eigenvalue weighted by Crippen LogP contribution is -2.29. The van der Waals surface area contributed by atoms with Gasteiger partial charge in [0.05, 0.1) is 29.3 Å². The minimum Gasteiger partial charge on any atom is -0.322 e. The minimum absolute atomic E-state index is 0.157. The van der Waals surface area contributed by atoms with Gasteiger partial charge in [0.1, 0.15) is 0 Å². The Morgan fingerprint density at radius 2 is 1.87 bits per heavy atom. The molecule has 1 aliphatic rings. The monoisotopic (exact) mass is 531 g/mol. The Morgan fingerprint density at radius 3 is 2.64 bits per heavy atom. The Bertz CT molecular complexity index is 1760. The molecule has 1 aliphatic heterocycles. The van der Waals surface area contributed by atoms with Gasteiger partial charge in [-0.1, -0.05) is 6.07 Å². The second-order valence-electron chi connectivity index (χ2n) is 9.22. The Morgan fingerprint density at radius 1 is 1.03 bits per heavy atom. The molecule has 3 aromatic heterocycles. The van der Waals surface area contributed by atoms with E-state index in [0.717, 1.165) is 17.7 Å². The van der Waals surface area contributed by atoms with E-state index in [1.807, 2.05) is 0 Å². The number of hydrogen-bond acceptors (Lipinski definition) is 5. The number of carbonyl (C=O) groups excluding carboxylic acids is 2. The lowest BCUT2D eigenvalue weighted by Gasteiger charge is -2.18. The van der Waals surface area contributed by atoms with Gasteiger partial charge in [-0.25, -0.2) is 9.97 Å². The van der Waals surface area contributed by atoms with Crippen molar-refractivity contribution in [3.63, 3.8) is 0 Å². The predicted molar refractivity (Wildman–Crippen MR) is 137 cm³/mol. The van der Waals surface area contributed by atoms with Crippen LogP contribution in [-0.2, 0) is 12.6 Å². The Balaban J connectivity index is 1.28. The number of fused-ring (bicyclic) bond motifs is 2. The van der Waals surface area contributed by atoms with Crippen molar-refractivity contribution in [2.45, 2.75) is 19.5 Å². The molecule has 4 heterocycles. The summed E-state index contributed by atoms with van der Waals surface area (Å²) in [6.45, 7) is 2.15. The summed E-state index contributed by atoms with van der Waals surface area (Å²) in [6.07, 6.45) is 1.99. The highest BCUT2D eigenvalue weighted by Crippen LogP contribution is 2.34. The van der Waals surface area contributed by atoms with Crippen molar-refractivity contribution in [1.82, 2.24) is 24.7 Å². The van der Waals surface area contributed by atoms with E-state index in [4.69, 9.17) is 0 Å². The first-order chi connectivity index (χ1) is 18.7. The molecule has 0 atom stereocenters. The normalized spacial score (nSPS) is 13.1. The number of amides is 2. The van der Waals surface area contributed by atoms with Crippen LogP contribution < -0.4 is 10.2 Å². The first-order valence-corrected chi connectivity index (χ1v) is 11.9. The fraction of sp³-hybridized carbons (Fsp3) is 0.148. The standard InChI is InChI=1S/C27H20F3N7O2/c1-15-13-36(14-32-15)22-8-17(7-20(9-22)27(28,29)30)25(38)34-21-3-2-16-4-5-37(23(16)10-21)26(39)19-6-18-12-33-35-24(18)31-11-19/h2-3,6-14H,4-5H2,1H3,(H,34,38)(H,31,33,35). The van der Waals surface area contributed by atoms with Gasteiger partial charge in [0.15, 0.2) is 5.65 Å². The van der Waals surface area contributed by atoms with Gasteiger partial charge in [-0.15, -0.1) is 0 Å². The third-order valence-electron chi connectivity index (χ3n) is 6.54. The number of alkyl halides is 3. The van der Waals surface area contributed by atoms with Crippen molar-refractivity contribution < 1.29 is 22.8 Å². The van der Waals surface area contributed by atoms with Crippen LogP contribution in [0.2, 0.25) is 0 Å². The largest absolute Gasteiger partial charge is 0.416 e. The van der Waals surface area contributed by atoms with Crippen LogP contribution >= 0.6 is 0 Å². The number of nitrogens with one attached hydrogen (secondary N) is 2. The first kappa shape index (κ1) is 24.3. The van der Waals surface area contributed by atoms with Crippen LogP contribution in [0.15, 0.2) is 67.4 Å². The summed E-state index contributed by atoms with van der Waals surface area (Å²) in [5, 5.41) is 10.0. The van der Waals surface area contributed by atoms with Gasteiger partial charge in [-0.2, -0.15) is 18.3 Å². The number of halogens is 3. The number of anilines is 2. The third kappa shape index (κ3) is 4.60. The fourth-order valence-electron chi connectivity index (χ4n) is 4.60. The van der Waals surface area contributed by atoms with E-state index in [0.29, 0.717) is 46.6 Å². The summed E-state index contributed by atoms with van der Waals surface area (Å²) in [5.41, 5.74) is 2.49. The van der Waals surface area contributed by atoms with E-state index in [2.05, 4.69) is 25.5 Å². The topological polar surface area (TPSA) is 109 Å². The maximum absolute atomic E-state index is 13.6. The van der Waals surface area contributed by atoms with E-state index in [-0.39, 0.29) is 17.2 Å². The highest BCUT2D eigenvalue weighted by molar-refractivity contribution is 6.09. The zero-order chi connectivity index (χ0) is 27.3. The van der Waals surface area contributed by atoms with E-state index >= 15 is 0 Å². The SMILES string of the molecule is Cc1cn(-c2cc(C(=O)Nc3ccc4c(c3)N(C(=O)c3cnc5[nH]ncc5c3)CC4)cc(C(F)(F)F)c2)cn1. The molecule has 6 rings (SSSR count). The number of hydrogen-bond donors (Lipinski definition) is 2. The zero-order valence-electron chi connectivity index (χ0n) is 20.5. The van der Waals surface area contributed by atoms with Crippen molar-refractivity contribution in [2.75, 3.05) is 16.8 Å². The molecular formula is C27H20F3N7O2. The van der Waals surface area contributed by atoms with Gasteiger partial charge >= 0.3 is 6.18 Å². The molecule has 2 aromatic carbocycles. The molecule has 0 saturated heterocycles. The summed E-state index contributed by atoms with van der Waals surface area (Å²) in [4.78, 5) is 36.3. The maximum atomic E-state index is 13.6. The van der Waals surface area contributed by atoms with E-state index < -0.39 is 17.6 Å². The summed E-state index contributed by atoms with van der Waals surface area (Å²) in [6, 6.07) is 9.95. The first-order valence-electron chi connectivity index (χ1n) is 11.9. The number of rotatable bonds is 4. The number of pyridine rings is 1. The lowest BCUT2D eigenvalue weighted by molar-refractivity contribution is -0.137. The van der Waals surface area contributed by atoms with Crippen LogP contribution in [0, 0.1) is 6.92 Å². The van der Waals surface area contributed by atoms with Gasteiger partial charge in [0.2, 0.25) is 0 Å². The highest BCUT2D eigenvalue weighted by atomic mass is 19.4. The molecule has 5 aromatic rings. The Labute approximate surface area is 219 Å². The molecule has 12 heteroatoms. The van der Waals surface area contributed by atoms with Crippen molar-refractivity contribution in [1.29, 1.82) is 0 Å². The Hall–Kier alpha value is -5.00. The summed E-state index contributed by atoms with van der Waals surface area (Å²) in [5.74, 6) is -0.976. The molecule has 2 amide bonds. The van der Waals surface area contributed by atoms with Gasteiger partial charge in [0.25, 0.3) is 11.8 Å². The molecule has 0 unspecified atom stereocenters. The highest BCUT2D eigenvalue weighted by Gasteiger charge is 2.32. The molecule has 2 N–H and O–H groups in total. The second-order valence-corrected chi connectivity index (χ2v) is 9.22. The molecule has 0 saturated carbocycles. The molecule has 0 spiro atoms. The number of aromatic amines is 1. The van der Waals surface area contributed by atoms with E-state index in [1.54, 1.807) is 48.5 Å². The van der Waals surface area contributed by atoms with Crippen LogP contribution in [0.3, 0.4) is 0 Å². The molecule has 39 heavy (non-hydrogen) atoms. The van der Waals surface area contributed by atoms with Crippen LogP contribution in [-0.4, -0.2) is 43.1 Å². The smallest absolute Gasteiger partial charge is 0.322 e. The lowest BCUT2D eigenvalue weighted by atomic mass is 10.1. The van der Waals surface area contributed by atoms with Crippen molar-refractivity contribution in [2.24, 2.45) is 0 Å². The molecule has 0 bridgehead atoms. The quantitative estimate of drug-likeness (QED) is 0.342. The third-order valence-corrected chi connectivity index (χ3v) is 6.54. The summed E-state index contributed by atoms with van der Waals surface area (Å²) in [7, 11) is 0. The van der Waals surface area contributed by atoms with Crippen LogP contribution in [0.5, 0.6) is 0 Å². The number of benzene rings is 2. The number of imidazole rings is 1. The fourth-order valence-corrected chi connectivity index (χ4v) is 4.60. The molecule has 196 valence electrons. The van der Waals surface area contributed by atoms with Crippen molar-refractivity contribution >= 4 is 34.2 Å². The van der Waals surface area contributed by atoms with Crippen molar-refractivity contribution in [3.05, 3.63) is 95.3 Å². The van der Waals surface area contributed by atoms with Crippen LogP contribution in [0.4, 0.5) is 24.5 Å². The number of carbonyl (C=O) groups is 2. The average molecular weight is 531 g/mol. The Kier molecular flexibility index (Phi) is 5.67. The predicted octanol–water partition coefficient (Wildman–Crippen LogP) is 4.93. The summed E-state index contributed by atoms with van der Waals surface area (Å²) >= 11 is 0. The number of nitrogens with zero attached hydrogens (tertiary/aromatic N) is 5. The summed E-state index contributed by atoms with van der Waals surface area (Å²) < 4.78 is 42.3.